The van der Waals surface area contributed by atoms with Gasteiger partial charge in [0.05, 0.1) is 5.33 Å². The number of alkyl halides is 1. The summed E-state index contributed by atoms with van der Waals surface area (Å²) >= 11 is 2.84. The van der Waals surface area contributed by atoms with Gasteiger partial charge in [-0.2, -0.15) is 0 Å². The molecule has 0 rings (SSSR count). The monoisotopic (exact) mass is 299 g/mol. The molecule has 96 valence electrons. The standard InChI is InChI=1S/C7H14O4.C2H4BrNO/c1-4-10-6(3)11-5(2)7(8)9;3-1-2(4)5/h5-6H,4H2,1-3H3,(H,8,9);1H2,(H2,4,5). The summed E-state index contributed by atoms with van der Waals surface area (Å²) in [5.41, 5.74) is 4.61. The number of hydrogen-bond donors (Lipinski definition) is 2. The number of ether oxygens (including phenoxy) is 2. The van der Waals surface area contributed by atoms with Crippen LogP contribution in [-0.2, 0) is 19.1 Å². The van der Waals surface area contributed by atoms with Crippen LogP contribution in [0.15, 0.2) is 0 Å². The minimum absolute atomic E-state index is 0.257. The first kappa shape index (κ1) is 17.7. The minimum atomic E-state index is -0.975. The summed E-state index contributed by atoms with van der Waals surface area (Å²) < 4.78 is 9.91. The molecule has 0 saturated heterocycles. The van der Waals surface area contributed by atoms with E-state index in [1.54, 1.807) is 6.92 Å². The largest absolute Gasteiger partial charge is 0.479 e. The fourth-order valence-corrected chi connectivity index (χ4v) is 0.620. The van der Waals surface area contributed by atoms with Crippen LogP contribution < -0.4 is 5.73 Å². The first-order valence-corrected chi connectivity index (χ1v) is 5.81. The van der Waals surface area contributed by atoms with Crippen molar-refractivity contribution in [1.29, 1.82) is 0 Å². The number of primary amides is 1. The molecule has 0 heterocycles. The summed E-state index contributed by atoms with van der Waals surface area (Å²) in [4.78, 5) is 19.8. The zero-order chi connectivity index (χ0) is 13.1. The van der Waals surface area contributed by atoms with Gasteiger partial charge in [-0.05, 0) is 20.8 Å². The molecule has 0 saturated carbocycles. The molecule has 2 unspecified atom stereocenters. The van der Waals surface area contributed by atoms with Gasteiger partial charge in [0, 0.05) is 6.61 Å². The van der Waals surface area contributed by atoms with Crippen LogP contribution in [0.25, 0.3) is 0 Å². The van der Waals surface area contributed by atoms with E-state index in [4.69, 9.17) is 14.6 Å². The van der Waals surface area contributed by atoms with E-state index in [0.717, 1.165) is 0 Å². The second kappa shape index (κ2) is 10.8. The molecule has 0 aromatic carbocycles. The van der Waals surface area contributed by atoms with E-state index in [2.05, 4.69) is 21.7 Å². The Hall–Kier alpha value is -0.660. The molecule has 0 aromatic rings. The number of rotatable bonds is 6. The maximum Gasteiger partial charge on any atom is 0.332 e. The van der Waals surface area contributed by atoms with Gasteiger partial charge in [-0.15, -0.1) is 0 Å². The van der Waals surface area contributed by atoms with Crippen LogP contribution in [0.4, 0.5) is 0 Å². The Labute approximate surface area is 103 Å². The number of aliphatic carboxylic acids is 1. The van der Waals surface area contributed by atoms with Crippen LogP contribution in [0.2, 0.25) is 0 Å². The lowest BCUT2D eigenvalue weighted by Gasteiger charge is -2.15. The molecule has 2 atom stereocenters. The first-order chi connectivity index (χ1) is 7.34. The van der Waals surface area contributed by atoms with Crippen molar-refractivity contribution in [2.45, 2.75) is 33.2 Å². The Morgan fingerprint density at radius 2 is 1.88 bits per heavy atom. The number of nitrogens with two attached hydrogens (primary N) is 1. The van der Waals surface area contributed by atoms with Crippen molar-refractivity contribution in [3.05, 3.63) is 0 Å². The number of carbonyl (C=O) groups is 2. The molecule has 3 N–H and O–H groups in total. The smallest absolute Gasteiger partial charge is 0.332 e. The van der Waals surface area contributed by atoms with Crippen LogP contribution in [0.5, 0.6) is 0 Å². The molecule has 0 fully saturated rings. The van der Waals surface area contributed by atoms with Crippen molar-refractivity contribution in [3.8, 4) is 0 Å². The number of carboxylic acids is 1. The summed E-state index contributed by atoms with van der Waals surface area (Å²) in [7, 11) is 0. The lowest BCUT2D eigenvalue weighted by Crippen LogP contribution is -2.26. The van der Waals surface area contributed by atoms with E-state index >= 15 is 0 Å². The lowest BCUT2D eigenvalue weighted by atomic mass is 10.4. The fraction of sp³-hybridized carbons (Fsp3) is 0.778. The average molecular weight is 300 g/mol. The van der Waals surface area contributed by atoms with Gasteiger partial charge in [0.15, 0.2) is 12.4 Å². The molecule has 1 amide bonds. The summed E-state index contributed by atoms with van der Waals surface area (Å²) in [6, 6.07) is 0. The third-order valence-corrected chi connectivity index (χ3v) is 1.83. The first-order valence-electron chi connectivity index (χ1n) is 4.69. The summed E-state index contributed by atoms with van der Waals surface area (Å²) in [5, 5.41) is 8.68. The lowest BCUT2D eigenvalue weighted by molar-refractivity contribution is -0.179. The van der Waals surface area contributed by atoms with Gasteiger partial charge in [-0.3, -0.25) is 4.79 Å². The molecule has 0 aromatic heterocycles. The van der Waals surface area contributed by atoms with Gasteiger partial charge in [-0.1, -0.05) is 15.9 Å². The van der Waals surface area contributed by atoms with Crippen LogP contribution >= 0.6 is 15.9 Å². The number of halogens is 1. The van der Waals surface area contributed by atoms with Crippen molar-refractivity contribution in [2.75, 3.05) is 11.9 Å². The maximum absolute atomic E-state index is 10.3. The van der Waals surface area contributed by atoms with E-state index in [9.17, 15) is 9.59 Å². The predicted octanol–water partition coefficient (Wildman–Crippen LogP) is 0.725. The van der Waals surface area contributed by atoms with Gasteiger partial charge in [0.1, 0.15) is 0 Å². The molecular formula is C9H18BrNO5. The maximum atomic E-state index is 10.3. The number of carboxylic acid groups (broad SMARTS) is 1. The Morgan fingerprint density at radius 1 is 1.44 bits per heavy atom. The van der Waals surface area contributed by atoms with Crippen molar-refractivity contribution in [3.63, 3.8) is 0 Å². The van der Waals surface area contributed by atoms with Gasteiger partial charge in [-0.25, -0.2) is 4.79 Å². The number of hydrogen-bond acceptors (Lipinski definition) is 4. The SMILES string of the molecule is CCOC(C)OC(C)C(=O)O.NC(=O)CBr. The predicted molar refractivity (Wildman–Crippen MR) is 62.3 cm³/mol. The van der Waals surface area contributed by atoms with Crippen LogP contribution in [-0.4, -0.2) is 41.3 Å². The van der Waals surface area contributed by atoms with E-state index in [1.807, 2.05) is 6.92 Å². The average Bonchev–Trinajstić information content (AvgIpc) is 2.18. The van der Waals surface area contributed by atoms with Crippen LogP contribution in [0.1, 0.15) is 20.8 Å². The third-order valence-electron chi connectivity index (χ3n) is 1.28. The number of carbonyl (C=O) groups excluding carboxylic acids is 1. The van der Waals surface area contributed by atoms with E-state index in [1.165, 1.54) is 6.92 Å². The van der Waals surface area contributed by atoms with Gasteiger partial charge >= 0.3 is 5.97 Å². The molecule has 16 heavy (non-hydrogen) atoms. The molecule has 0 spiro atoms. The highest BCUT2D eigenvalue weighted by Crippen LogP contribution is 1.99. The Bertz CT molecular complexity index is 212. The zero-order valence-electron chi connectivity index (χ0n) is 9.60. The highest BCUT2D eigenvalue weighted by Gasteiger charge is 2.14. The molecular weight excluding hydrogens is 282 g/mol. The van der Waals surface area contributed by atoms with E-state index in [0.29, 0.717) is 6.61 Å². The van der Waals surface area contributed by atoms with Crippen molar-refractivity contribution in [1.82, 2.24) is 0 Å². The van der Waals surface area contributed by atoms with Crippen molar-refractivity contribution >= 4 is 27.8 Å². The van der Waals surface area contributed by atoms with Crippen molar-refractivity contribution in [2.24, 2.45) is 5.73 Å². The molecule has 0 aliphatic carbocycles. The molecule has 0 aliphatic heterocycles. The zero-order valence-corrected chi connectivity index (χ0v) is 11.2. The van der Waals surface area contributed by atoms with Gasteiger partial charge in [0.25, 0.3) is 0 Å². The van der Waals surface area contributed by atoms with Crippen LogP contribution in [0.3, 0.4) is 0 Å². The quantitative estimate of drug-likeness (QED) is 0.556. The molecule has 0 radical (unpaired) electrons. The summed E-state index contributed by atoms with van der Waals surface area (Å²) in [5.74, 6) is -1.30. The number of amides is 1. The summed E-state index contributed by atoms with van der Waals surface area (Å²) in [6.45, 7) is 5.49. The Balaban J connectivity index is 0. The second-order valence-electron chi connectivity index (χ2n) is 2.74. The third kappa shape index (κ3) is 13.3. The normalized spacial score (nSPS) is 13.2. The highest BCUT2D eigenvalue weighted by atomic mass is 79.9. The molecule has 6 nitrogen and oxygen atoms in total. The topological polar surface area (TPSA) is 98.8 Å². The molecule has 0 aliphatic rings. The van der Waals surface area contributed by atoms with E-state index < -0.39 is 18.4 Å². The highest BCUT2D eigenvalue weighted by molar-refractivity contribution is 9.09. The van der Waals surface area contributed by atoms with Crippen LogP contribution in [0, 0.1) is 0 Å². The fourth-order valence-electron chi connectivity index (χ4n) is 0.620. The molecule has 7 heteroatoms. The van der Waals surface area contributed by atoms with Gasteiger partial charge in [0.2, 0.25) is 5.91 Å². The Morgan fingerprint density at radius 3 is 2.12 bits per heavy atom. The Kier molecular flexibility index (Phi) is 12.0. The van der Waals surface area contributed by atoms with Crippen molar-refractivity contribution < 1.29 is 24.2 Å². The second-order valence-corrected chi connectivity index (χ2v) is 3.30. The molecule has 0 bridgehead atoms. The minimum Gasteiger partial charge on any atom is -0.479 e. The van der Waals surface area contributed by atoms with Gasteiger partial charge < -0.3 is 20.3 Å². The summed E-state index contributed by atoms with van der Waals surface area (Å²) in [6.07, 6.45) is -1.26. The van der Waals surface area contributed by atoms with E-state index in [-0.39, 0.29) is 11.2 Å².